The molecular formula is C12H10CaN2O4. The fourth-order valence-corrected chi connectivity index (χ4v) is 1.27. The Morgan fingerprint density at radius 2 is 1.89 bits per heavy atom. The number of carboxylic acids is 1. The minimum atomic E-state index is -1.11. The molecule has 0 aliphatic carbocycles. The number of ether oxygens (including phenoxy) is 1. The van der Waals surface area contributed by atoms with Gasteiger partial charge in [-0.25, -0.2) is 14.6 Å². The molecule has 1 N–H and O–H groups in total. The Morgan fingerprint density at radius 3 is 2.53 bits per heavy atom. The Morgan fingerprint density at radius 1 is 1.16 bits per heavy atom. The van der Waals surface area contributed by atoms with Crippen molar-refractivity contribution in [3.8, 4) is 5.88 Å². The van der Waals surface area contributed by atoms with Crippen molar-refractivity contribution in [1.82, 2.24) is 9.97 Å². The van der Waals surface area contributed by atoms with Crippen molar-refractivity contribution < 1.29 is 19.4 Å². The molecule has 19 heavy (non-hydrogen) atoms. The van der Waals surface area contributed by atoms with Crippen LogP contribution in [0, 0.1) is 0 Å². The molecule has 0 bridgehead atoms. The number of aromatic carboxylic acids is 1. The number of esters is 1. The van der Waals surface area contributed by atoms with Gasteiger partial charge in [0.1, 0.15) is 0 Å². The van der Waals surface area contributed by atoms with E-state index >= 15 is 0 Å². The first-order chi connectivity index (χ1) is 8.66. The van der Waals surface area contributed by atoms with Gasteiger partial charge in [0.15, 0.2) is 0 Å². The molecule has 2 rings (SSSR count). The van der Waals surface area contributed by atoms with E-state index in [1.165, 1.54) is 42.9 Å². The van der Waals surface area contributed by atoms with Crippen molar-refractivity contribution in [3.63, 3.8) is 0 Å². The van der Waals surface area contributed by atoms with Gasteiger partial charge in [-0.15, -0.1) is 0 Å². The van der Waals surface area contributed by atoms with Gasteiger partial charge in [0, 0.05) is 12.4 Å². The molecule has 2 aromatic rings. The van der Waals surface area contributed by atoms with E-state index in [-0.39, 0.29) is 54.7 Å². The molecule has 94 valence electrons. The quantitative estimate of drug-likeness (QED) is 0.652. The Kier molecular flexibility index (Phi) is 5.88. The number of carbonyl (C=O) groups excluding carboxylic acids is 1. The number of carbonyl (C=O) groups is 2. The summed E-state index contributed by atoms with van der Waals surface area (Å²) in [5.41, 5.74) is 0.157. The number of rotatable bonds is 3. The van der Waals surface area contributed by atoms with Gasteiger partial charge < -0.3 is 9.84 Å². The second-order valence-corrected chi connectivity index (χ2v) is 3.32. The summed E-state index contributed by atoms with van der Waals surface area (Å²) in [6.45, 7) is 0. The maximum absolute atomic E-state index is 11.7. The van der Waals surface area contributed by atoms with Gasteiger partial charge in [0.25, 0.3) is 0 Å². The molecule has 6 nitrogen and oxygen atoms in total. The van der Waals surface area contributed by atoms with Crippen molar-refractivity contribution in [2.45, 2.75) is 0 Å². The van der Waals surface area contributed by atoms with Crippen LogP contribution in [0.1, 0.15) is 20.7 Å². The first-order valence-corrected chi connectivity index (χ1v) is 4.98. The van der Waals surface area contributed by atoms with Gasteiger partial charge >= 0.3 is 49.7 Å². The zero-order valence-corrected chi connectivity index (χ0v) is 9.11. The topological polar surface area (TPSA) is 89.4 Å². The molecule has 0 fully saturated rings. The van der Waals surface area contributed by atoms with E-state index < -0.39 is 11.9 Å². The first kappa shape index (κ1) is 15.6. The van der Waals surface area contributed by atoms with Crippen LogP contribution in [0.5, 0.6) is 5.88 Å². The van der Waals surface area contributed by atoms with Crippen LogP contribution in [0.3, 0.4) is 0 Å². The van der Waals surface area contributed by atoms with Crippen LogP contribution in [-0.2, 0) is 0 Å². The molecule has 0 atom stereocenters. The van der Waals surface area contributed by atoms with Gasteiger partial charge in [-0.05, 0) is 18.2 Å². The fourth-order valence-electron chi connectivity index (χ4n) is 1.27. The zero-order chi connectivity index (χ0) is 13.0. The van der Waals surface area contributed by atoms with Crippen molar-refractivity contribution >= 4 is 49.7 Å². The number of benzene rings is 1. The van der Waals surface area contributed by atoms with Crippen molar-refractivity contribution in [2.24, 2.45) is 0 Å². The Labute approximate surface area is 138 Å². The third kappa shape index (κ3) is 4.27. The van der Waals surface area contributed by atoms with Crippen LogP contribution >= 0.6 is 0 Å². The average Bonchev–Trinajstić information content (AvgIpc) is 2.40. The molecule has 0 unspecified atom stereocenters. The number of hydrogen-bond donors (Lipinski definition) is 1. The van der Waals surface area contributed by atoms with Gasteiger partial charge in [-0.1, -0.05) is 6.07 Å². The molecule has 0 aliphatic heterocycles. The number of nitrogens with zero attached hydrogens (tertiary/aromatic N) is 2. The van der Waals surface area contributed by atoms with Crippen LogP contribution in [0.25, 0.3) is 0 Å². The summed E-state index contributed by atoms with van der Waals surface area (Å²) in [4.78, 5) is 30.0. The summed E-state index contributed by atoms with van der Waals surface area (Å²) in [5, 5.41) is 8.81. The van der Waals surface area contributed by atoms with E-state index in [0.717, 1.165) is 0 Å². The predicted molar refractivity (Wildman–Crippen MR) is 68.9 cm³/mol. The third-order valence-electron chi connectivity index (χ3n) is 2.08. The second kappa shape index (κ2) is 7.18. The molecule has 7 heteroatoms. The summed E-state index contributed by atoms with van der Waals surface area (Å²) in [6, 6.07) is 5.56. The summed E-state index contributed by atoms with van der Waals surface area (Å²) >= 11 is 0. The van der Waals surface area contributed by atoms with E-state index in [1.807, 2.05) is 0 Å². The number of aromatic nitrogens is 2. The normalized spacial score (nSPS) is 9.26. The molecule has 0 aliphatic rings. The van der Waals surface area contributed by atoms with Crippen LogP contribution < -0.4 is 4.74 Å². The van der Waals surface area contributed by atoms with Crippen LogP contribution in [0.4, 0.5) is 0 Å². The third-order valence-corrected chi connectivity index (χ3v) is 2.08. The van der Waals surface area contributed by atoms with Crippen LogP contribution in [0.15, 0.2) is 42.9 Å². The average molecular weight is 286 g/mol. The summed E-state index contributed by atoms with van der Waals surface area (Å²) < 4.78 is 4.93. The fraction of sp³-hybridized carbons (Fsp3) is 0. The molecule has 0 radical (unpaired) electrons. The number of carboxylic acid groups (broad SMARTS) is 1. The monoisotopic (exact) mass is 286 g/mol. The summed E-state index contributed by atoms with van der Waals surface area (Å²) in [5.74, 6) is -1.73. The SMILES string of the molecule is O=C(O)c1cccc(C(=O)Oc2cnccn2)c1.[CaH2]. The van der Waals surface area contributed by atoms with Crippen LogP contribution in [-0.4, -0.2) is 64.8 Å². The van der Waals surface area contributed by atoms with Gasteiger partial charge in [-0.3, -0.25) is 4.98 Å². The Balaban J connectivity index is 0.00000180. The summed E-state index contributed by atoms with van der Waals surface area (Å²) in [7, 11) is 0. The van der Waals surface area contributed by atoms with E-state index in [4.69, 9.17) is 9.84 Å². The maximum atomic E-state index is 11.7. The molecule has 0 amide bonds. The van der Waals surface area contributed by atoms with E-state index in [2.05, 4.69) is 9.97 Å². The first-order valence-electron chi connectivity index (χ1n) is 4.98. The Hall–Kier alpha value is -1.50. The van der Waals surface area contributed by atoms with Crippen LogP contribution in [0.2, 0.25) is 0 Å². The molecule has 0 spiro atoms. The zero-order valence-electron chi connectivity index (χ0n) is 9.11. The molecule has 1 heterocycles. The molecule has 1 aromatic carbocycles. The van der Waals surface area contributed by atoms with Crippen molar-refractivity contribution in [2.75, 3.05) is 0 Å². The van der Waals surface area contributed by atoms with Crippen molar-refractivity contribution in [3.05, 3.63) is 54.0 Å². The summed E-state index contributed by atoms with van der Waals surface area (Å²) in [6.07, 6.45) is 4.12. The Bertz CT molecular complexity index is 589. The van der Waals surface area contributed by atoms with Gasteiger partial charge in [-0.2, -0.15) is 0 Å². The van der Waals surface area contributed by atoms with Gasteiger partial charge in [0.2, 0.25) is 5.88 Å². The van der Waals surface area contributed by atoms with E-state index in [9.17, 15) is 9.59 Å². The molecule has 0 saturated heterocycles. The molecule has 0 saturated carbocycles. The predicted octanol–water partition coefficient (Wildman–Crippen LogP) is 0.478. The van der Waals surface area contributed by atoms with E-state index in [0.29, 0.717) is 0 Å². The van der Waals surface area contributed by atoms with Gasteiger partial charge in [0.05, 0.1) is 17.3 Å². The molecular weight excluding hydrogens is 276 g/mol. The van der Waals surface area contributed by atoms with E-state index in [1.54, 1.807) is 0 Å². The molecule has 1 aromatic heterocycles. The van der Waals surface area contributed by atoms with Crippen molar-refractivity contribution in [1.29, 1.82) is 0 Å². The minimum absolute atomic E-state index is 0. The second-order valence-electron chi connectivity index (χ2n) is 3.32. The standard InChI is InChI=1S/C12H8N2O4.Ca.2H/c15-11(16)8-2-1-3-9(6-8)12(17)18-10-7-13-4-5-14-10;;;/h1-7H,(H,15,16);;;. The number of hydrogen-bond acceptors (Lipinski definition) is 5.